The Morgan fingerprint density at radius 2 is 1.76 bits per heavy atom. The lowest BCUT2D eigenvalue weighted by Gasteiger charge is -2.31. The van der Waals surface area contributed by atoms with Gasteiger partial charge in [-0.05, 0) is 82.3 Å². The van der Waals surface area contributed by atoms with Gasteiger partial charge >= 0.3 is 0 Å². The Kier molecular flexibility index (Phi) is 6.72. The molecule has 0 aromatic heterocycles. The maximum absolute atomic E-state index is 9.63. The number of nitriles is 1. The van der Waals surface area contributed by atoms with Crippen molar-refractivity contribution in [3.8, 4) is 11.8 Å². The molecule has 25 heavy (non-hydrogen) atoms. The van der Waals surface area contributed by atoms with E-state index in [1.165, 1.54) is 45.3 Å². The summed E-state index contributed by atoms with van der Waals surface area (Å²) >= 11 is 0. The number of hydrogen-bond donors (Lipinski definition) is 0. The number of unbranched alkanes of at least 4 members (excludes halogenated alkanes) is 2. The van der Waals surface area contributed by atoms with Crippen molar-refractivity contribution in [2.45, 2.75) is 50.4 Å². The molecule has 4 heteroatoms. The Balaban J connectivity index is 1.38. The molecule has 0 N–H and O–H groups in total. The van der Waals surface area contributed by atoms with E-state index in [-0.39, 0.29) is 5.41 Å². The van der Waals surface area contributed by atoms with Crippen LogP contribution in [0.15, 0.2) is 24.3 Å². The molecular formula is C21H30N2O2. The third-order valence-electron chi connectivity index (χ3n) is 5.55. The minimum Gasteiger partial charge on any atom is -0.494 e. The van der Waals surface area contributed by atoms with Gasteiger partial charge in [0, 0.05) is 13.2 Å². The fraction of sp³-hybridized carbons (Fsp3) is 0.667. The summed E-state index contributed by atoms with van der Waals surface area (Å²) in [5, 5.41) is 9.63. The third-order valence-corrected chi connectivity index (χ3v) is 5.55. The Morgan fingerprint density at radius 3 is 2.44 bits per heavy atom. The second-order valence-corrected chi connectivity index (χ2v) is 7.29. The van der Waals surface area contributed by atoms with Crippen molar-refractivity contribution in [3.63, 3.8) is 0 Å². The van der Waals surface area contributed by atoms with Crippen LogP contribution in [-0.4, -0.2) is 44.4 Å². The van der Waals surface area contributed by atoms with Crippen molar-refractivity contribution in [1.82, 2.24) is 4.90 Å². The molecule has 3 rings (SSSR count). The highest BCUT2D eigenvalue weighted by molar-refractivity contribution is 5.37. The van der Waals surface area contributed by atoms with Gasteiger partial charge in [-0.2, -0.15) is 5.26 Å². The SMILES string of the molecule is N#CC1(c2ccc(OCCCCCN3CCCC3)cc2)CCOCC1. The molecule has 1 aromatic rings. The molecule has 136 valence electrons. The minimum atomic E-state index is -0.383. The van der Waals surface area contributed by atoms with Gasteiger partial charge in [-0.1, -0.05) is 12.1 Å². The highest BCUT2D eigenvalue weighted by Crippen LogP contribution is 2.34. The van der Waals surface area contributed by atoms with E-state index >= 15 is 0 Å². The Morgan fingerprint density at radius 1 is 1.04 bits per heavy atom. The molecule has 0 spiro atoms. The lowest BCUT2D eigenvalue weighted by atomic mass is 9.75. The Hall–Kier alpha value is -1.57. The molecular weight excluding hydrogens is 312 g/mol. The third kappa shape index (κ3) is 4.96. The van der Waals surface area contributed by atoms with E-state index in [4.69, 9.17) is 9.47 Å². The predicted molar refractivity (Wildman–Crippen MR) is 98.8 cm³/mol. The zero-order valence-corrected chi connectivity index (χ0v) is 15.2. The smallest absolute Gasteiger partial charge is 0.119 e. The van der Waals surface area contributed by atoms with Crippen LogP contribution in [0.1, 0.15) is 50.5 Å². The lowest BCUT2D eigenvalue weighted by Crippen LogP contribution is -2.32. The summed E-state index contributed by atoms with van der Waals surface area (Å²) in [7, 11) is 0. The first-order valence-corrected chi connectivity index (χ1v) is 9.77. The van der Waals surface area contributed by atoms with Crippen molar-refractivity contribution >= 4 is 0 Å². The molecule has 0 bridgehead atoms. The van der Waals surface area contributed by atoms with Gasteiger partial charge in [-0.3, -0.25) is 0 Å². The second kappa shape index (κ2) is 9.22. The quantitative estimate of drug-likeness (QED) is 0.672. The van der Waals surface area contributed by atoms with Gasteiger partial charge in [0.2, 0.25) is 0 Å². The zero-order chi connectivity index (χ0) is 17.4. The van der Waals surface area contributed by atoms with E-state index in [1.807, 2.05) is 12.1 Å². The molecule has 2 saturated heterocycles. The number of rotatable bonds is 8. The fourth-order valence-electron chi connectivity index (χ4n) is 3.87. The molecule has 0 aliphatic carbocycles. The highest BCUT2D eigenvalue weighted by atomic mass is 16.5. The number of likely N-dealkylation sites (tertiary alicyclic amines) is 1. The normalized spacial score (nSPS) is 20.3. The van der Waals surface area contributed by atoms with Crippen molar-refractivity contribution in [2.24, 2.45) is 0 Å². The van der Waals surface area contributed by atoms with Crippen molar-refractivity contribution in [3.05, 3.63) is 29.8 Å². The van der Waals surface area contributed by atoms with Crippen molar-refractivity contribution < 1.29 is 9.47 Å². The molecule has 2 fully saturated rings. The van der Waals surface area contributed by atoms with Crippen LogP contribution in [0.4, 0.5) is 0 Å². The van der Waals surface area contributed by atoms with Gasteiger partial charge in [0.25, 0.3) is 0 Å². The number of ether oxygens (including phenoxy) is 2. The first kappa shape index (κ1) is 18.2. The largest absolute Gasteiger partial charge is 0.494 e. The van der Waals surface area contributed by atoms with E-state index in [1.54, 1.807) is 0 Å². The molecule has 0 radical (unpaired) electrons. The van der Waals surface area contributed by atoms with Crippen LogP contribution in [0, 0.1) is 11.3 Å². The second-order valence-electron chi connectivity index (χ2n) is 7.29. The van der Waals surface area contributed by atoms with Gasteiger partial charge in [0.05, 0.1) is 18.1 Å². The maximum atomic E-state index is 9.63. The van der Waals surface area contributed by atoms with Crippen molar-refractivity contribution in [1.29, 1.82) is 5.26 Å². The number of hydrogen-bond acceptors (Lipinski definition) is 4. The first-order chi connectivity index (χ1) is 12.3. The number of benzene rings is 1. The summed E-state index contributed by atoms with van der Waals surface area (Å²) in [4.78, 5) is 2.57. The van der Waals surface area contributed by atoms with Gasteiger partial charge in [-0.15, -0.1) is 0 Å². The van der Waals surface area contributed by atoms with Crippen LogP contribution in [0.25, 0.3) is 0 Å². The summed E-state index contributed by atoms with van der Waals surface area (Å²) < 4.78 is 11.3. The summed E-state index contributed by atoms with van der Waals surface area (Å²) in [6.07, 6.45) is 7.91. The van der Waals surface area contributed by atoms with E-state index in [0.29, 0.717) is 13.2 Å². The van der Waals surface area contributed by atoms with Crippen LogP contribution in [0.5, 0.6) is 5.75 Å². The van der Waals surface area contributed by atoms with Gasteiger partial charge in [-0.25, -0.2) is 0 Å². The minimum absolute atomic E-state index is 0.383. The van der Waals surface area contributed by atoms with Gasteiger partial charge in [0.1, 0.15) is 5.75 Å². The van der Waals surface area contributed by atoms with Crippen LogP contribution in [-0.2, 0) is 10.2 Å². The first-order valence-electron chi connectivity index (χ1n) is 9.77. The van der Waals surface area contributed by atoms with E-state index in [9.17, 15) is 5.26 Å². The molecule has 0 atom stereocenters. The van der Waals surface area contributed by atoms with E-state index in [0.717, 1.165) is 37.2 Å². The summed E-state index contributed by atoms with van der Waals surface area (Å²) in [6, 6.07) is 10.6. The van der Waals surface area contributed by atoms with Crippen LogP contribution >= 0.6 is 0 Å². The van der Waals surface area contributed by atoms with E-state index in [2.05, 4.69) is 23.1 Å². The molecule has 2 aliphatic rings. The summed E-state index contributed by atoms with van der Waals surface area (Å²) in [6.45, 7) is 5.94. The molecule has 0 unspecified atom stereocenters. The van der Waals surface area contributed by atoms with E-state index < -0.39 is 0 Å². The molecule has 2 aliphatic heterocycles. The molecule has 0 amide bonds. The summed E-state index contributed by atoms with van der Waals surface area (Å²) in [5.74, 6) is 0.906. The van der Waals surface area contributed by atoms with Gasteiger partial charge < -0.3 is 14.4 Å². The lowest BCUT2D eigenvalue weighted by molar-refractivity contribution is 0.0675. The number of nitrogens with zero attached hydrogens (tertiary/aromatic N) is 2. The summed E-state index contributed by atoms with van der Waals surface area (Å²) in [5.41, 5.74) is 0.711. The molecule has 0 saturated carbocycles. The average Bonchev–Trinajstić information content (AvgIpc) is 3.19. The fourth-order valence-corrected chi connectivity index (χ4v) is 3.87. The van der Waals surface area contributed by atoms with Crippen LogP contribution in [0.2, 0.25) is 0 Å². The van der Waals surface area contributed by atoms with Crippen LogP contribution in [0.3, 0.4) is 0 Å². The van der Waals surface area contributed by atoms with Gasteiger partial charge in [0.15, 0.2) is 0 Å². The Bertz CT molecular complexity index is 552. The molecule has 1 aromatic carbocycles. The maximum Gasteiger partial charge on any atom is 0.119 e. The van der Waals surface area contributed by atoms with Crippen molar-refractivity contribution in [2.75, 3.05) is 39.5 Å². The topological polar surface area (TPSA) is 45.5 Å². The predicted octanol–water partition coefficient (Wildman–Crippen LogP) is 3.90. The zero-order valence-electron chi connectivity index (χ0n) is 15.2. The standard InChI is InChI=1S/C21H30N2O2/c22-18-21(10-16-24-17-11-21)19-6-8-20(9-7-19)25-15-5-1-2-12-23-13-3-4-14-23/h6-9H,1-5,10-17H2. The Labute approximate surface area is 151 Å². The average molecular weight is 342 g/mol. The highest BCUT2D eigenvalue weighted by Gasteiger charge is 2.34. The molecule has 2 heterocycles. The van der Waals surface area contributed by atoms with Crippen LogP contribution < -0.4 is 4.74 Å². The molecule has 4 nitrogen and oxygen atoms in total. The monoisotopic (exact) mass is 342 g/mol.